The lowest BCUT2D eigenvalue weighted by atomic mass is 10.1. The Bertz CT molecular complexity index is 1410. The zero-order valence-electron chi connectivity index (χ0n) is 19.6. The van der Waals surface area contributed by atoms with Gasteiger partial charge in [-0.05, 0) is 67.4 Å². The molecular weight excluding hydrogens is 491 g/mol. The first-order valence-electron chi connectivity index (χ1n) is 10.8. The Kier molecular flexibility index (Phi) is 8.14. The average molecular weight is 511 g/mol. The highest BCUT2D eigenvalue weighted by Gasteiger charge is 2.33. The molecule has 0 saturated heterocycles. The van der Waals surface area contributed by atoms with E-state index in [-0.39, 0.29) is 23.7 Å². The van der Waals surface area contributed by atoms with Crippen molar-refractivity contribution in [2.24, 2.45) is 0 Å². The van der Waals surface area contributed by atoms with Crippen molar-refractivity contribution in [3.63, 3.8) is 0 Å². The van der Waals surface area contributed by atoms with Crippen LogP contribution in [0.2, 0.25) is 0 Å². The minimum Gasteiger partial charge on any atom is -0.490 e. The number of hydrogen-bond acceptors (Lipinski definition) is 6. The molecule has 11 heteroatoms. The van der Waals surface area contributed by atoms with Gasteiger partial charge in [-0.15, -0.1) is 0 Å². The number of nitriles is 1. The van der Waals surface area contributed by atoms with E-state index < -0.39 is 34.0 Å². The summed E-state index contributed by atoms with van der Waals surface area (Å²) in [6.07, 6.45) is -3.45. The first-order chi connectivity index (χ1) is 17.5. The molecule has 0 fully saturated rings. The number of anilines is 1. The second-order valence-electron chi connectivity index (χ2n) is 7.67. The minimum absolute atomic E-state index is 0.00965. The summed E-state index contributed by atoms with van der Waals surface area (Å²) < 4.78 is 50.0. The van der Waals surface area contributed by atoms with Gasteiger partial charge in [0.25, 0.3) is 5.91 Å². The van der Waals surface area contributed by atoms with Crippen LogP contribution in [0, 0.1) is 28.4 Å². The predicted molar refractivity (Wildman–Crippen MR) is 129 cm³/mol. The molecule has 0 radical (unpaired) electrons. The molecule has 3 aromatic carbocycles. The number of aryl methyl sites for hydroxylation is 1. The number of carbonyl (C=O) groups excluding carboxylic acids is 1. The Hall–Kier alpha value is -4.85. The van der Waals surface area contributed by atoms with E-state index in [1.54, 1.807) is 25.1 Å². The smallest absolute Gasteiger partial charge is 0.416 e. The van der Waals surface area contributed by atoms with E-state index in [2.05, 4.69) is 5.32 Å². The minimum atomic E-state index is -4.77. The molecule has 0 heterocycles. The lowest BCUT2D eigenvalue weighted by Gasteiger charge is -2.14. The van der Waals surface area contributed by atoms with Crippen LogP contribution in [-0.4, -0.2) is 17.4 Å². The summed E-state index contributed by atoms with van der Waals surface area (Å²) in [6.45, 7) is 3.69. The van der Waals surface area contributed by atoms with Gasteiger partial charge in [0.05, 0.1) is 17.1 Å². The van der Waals surface area contributed by atoms with Crippen molar-refractivity contribution in [2.75, 3.05) is 11.9 Å². The van der Waals surface area contributed by atoms with Crippen LogP contribution < -0.4 is 14.8 Å². The van der Waals surface area contributed by atoms with Gasteiger partial charge in [0.15, 0.2) is 11.5 Å². The van der Waals surface area contributed by atoms with Gasteiger partial charge < -0.3 is 14.8 Å². The third-order valence-electron chi connectivity index (χ3n) is 4.92. The largest absolute Gasteiger partial charge is 0.490 e. The Morgan fingerprint density at radius 3 is 2.46 bits per heavy atom. The van der Waals surface area contributed by atoms with Crippen LogP contribution in [-0.2, 0) is 11.0 Å². The predicted octanol–water partition coefficient (Wildman–Crippen LogP) is 6.66. The van der Waals surface area contributed by atoms with Crippen molar-refractivity contribution < 1.29 is 32.4 Å². The van der Waals surface area contributed by atoms with E-state index >= 15 is 0 Å². The molecule has 0 unspecified atom stereocenters. The zero-order valence-corrected chi connectivity index (χ0v) is 19.6. The molecule has 0 bridgehead atoms. The molecule has 0 aliphatic carbocycles. The van der Waals surface area contributed by atoms with E-state index in [9.17, 15) is 33.3 Å². The molecule has 1 N–H and O–H groups in total. The number of alkyl halides is 3. The van der Waals surface area contributed by atoms with Crippen LogP contribution in [0.4, 0.5) is 24.5 Å². The maximum absolute atomic E-state index is 13.0. The molecule has 1 amide bonds. The van der Waals surface area contributed by atoms with Gasteiger partial charge in [0.2, 0.25) is 5.75 Å². The number of hydrogen-bond donors (Lipinski definition) is 1. The fourth-order valence-electron chi connectivity index (χ4n) is 3.24. The third-order valence-corrected chi connectivity index (χ3v) is 4.92. The van der Waals surface area contributed by atoms with E-state index in [1.807, 2.05) is 19.1 Å². The lowest BCUT2D eigenvalue weighted by Crippen LogP contribution is -2.13. The molecule has 0 saturated carbocycles. The number of halogens is 3. The van der Waals surface area contributed by atoms with E-state index in [1.165, 1.54) is 24.3 Å². The number of carbonyl (C=O) groups is 1. The van der Waals surface area contributed by atoms with Crippen molar-refractivity contribution in [3.05, 3.63) is 93.0 Å². The van der Waals surface area contributed by atoms with Gasteiger partial charge in [0, 0.05) is 11.8 Å². The summed E-state index contributed by atoms with van der Waals surface area (Å²) >= 11 is 0. The number of nitrogens with zero attached hydrogens (tertiary/aromatic N) is 2. The molecule has 3 aromatic rings. The highest BCUT2D eigenvalue weighted by Crippen LogP contribution is 2.40. The van der Waals surface area contributed by atoms with Gasteiger partial charge in [-0.1, -0.05) is 18.2 Å². The Labute approximate surface area is 209 Å². The van der Waals surface area contributed by atoms with Crippen molar-refractivity contribution in [2.45, 2.75) is 20.0 Å². The van der Waals surface area contributed by atoms with Crippen molar-refractivity contribution in [1.29, 1.82) is 5.26 Å². The molecule has 0 aromatic heterocycles. The number of amides is 1. The van der Waals surface area contributed by atoms with Crippen LogP contribution in [0.5, 0.6) is 17.2 Å². The molecule has 190 valence electrons. The van der Waals surface area contributed by atoms with Crippen molar-refractivity contribution in [1.82, 2.24) is 0 Å². The summed E-state index contributed by atoms with van der Waals surface area (Å²) in [5.41, 5.74) is -0.441. The normalized spacial score (nSPS) is 11.4. The first-order valence-corrected chi connectivity index (χ1v) is 10.8. The number of nitro groups is 1. The summed E-state index contributed by atoms with van der Waals surface area (Å²) in [4.78, 5) is 23.0. The number of benzene rings is 3. The van der Waals surface area contributed by atoms with Gasteiger partial charge in [-0.3, -0.25) is 14.9 Å². The van der Waals surface area contributed by atoms with Gasteiger partial charge >= 0.3 is 11.9 Å². The fraction of sp³-hybridized carbons (Fsp3) is 0.154. The number of ether oxygens (including phenoxy) is 2. The summed E-state index contributed by atoms with van der Waals surface area (Å²) in [5, 5.41) is 23.5. The quantitative estimate of drug-likeness (QED) is 0.157. The molecule has 0 spiro atoms. The highest BCUT2D eigenvalue weighted by atomic mass is 19.4. The molecule has 0 aliphatic heterocycles. The molecular formula is C26H20F3N3O5. The second-order valence-corrected chi connectivity index (χ2v) is 7.67. The number of nitrogens with one attached hydrogen (secondary N) is 1. The highest BCUT2D eigenvalue weighted by molar-refractivity contribution is 6.09. The summed E-state index contributed by atoms with van der Waals surface area (Å²) in [5.74, 6) is -0.962. The maximum Gasteiger partial charge on any atom is 0.416 e. The Morgan fingerprint density at radius 1 is 1.11 bits per heavy atom. The van der Waals surface area contributed by atoms with Crippen LogP contribution in [0.3, 0.4) is 0 Å². The van der Waals surface area contributed by atoms with E-state index in [0.29, 0.717) is 23.4 Å². The Morgan fingerprint density at radius 2 is 1.84 bits per heavy atom. The maximum atomic E-state index is 13.0. The first kappa shape index (κ1) is 26.7. The number of rotatable bonds is 8. The monoisotopic (exact) mass is 511 g/mol. The van der Waals surface area contributed by atoms with E-state index in [0.717, 1.165) is 11.6 Å². The summed E-state index contributed by atoms with van der Waals surface area (Å²) in [7, 11) is 0. The van der Waals surface area contributed by atoms with Crippen LogP contribution >= 0.6 is 0 Å². The fourth-order valence-corrected chi connectivity index (χ4v) is 3.24. The van der Waals surface area contributed by atoms with Crippen LogP contribution in [0.15, 0.2) is 66.2 Å². The summed E-state index contributed by atoms with van der Waals surface area (Å²) in [6, 6.07) is 15.1. The molecule has 8 nitrogen and oxygen atoms in total. The topological polar surface area (TPSA) is 114 Å². The van der Waals surface area contributed by atoms with Gasteiger partial charge in [-0.2, -0.15) is 18.4 Å². The van der Waals surface area contributed by atoms with Gasteiger partial charge in [-0.25, -0.2) is 0 Å². The third kappa shape index (κ3) is 6.85. The molecule has 3 rings (SSSR count). The van der Waals surface area contributed by atoms with Crippen LogP contribution in [0.25, 0.3) is 6.08 Å². The Balaban J connectivity index is 1.92. The standard InChI is InChI=1S/C26H20F3N3O5/c1-3-36-24-13-17(12-18(15-30)25(33)31-20-6-4-5-16(2)11-20)7-9-23(24)37-22-10-8-19(26(27,28)29)14-21(22)32(34)35/h4-14H,3H2,1-2H3,(H,31,33)/b18-12+. The average Bonchev–Trinajstić information content (AvgIpc) is 2.83. The molecule has 37 heavy (non-hydrogen) atoms. The number of nitro benzene ring substituents is 1. The van der Waals surface area contributed by atoms with Crippen molar-refractivity contribution in [3.8, 4) is 23.3 Å². The zero-order chi connectivity index (χ0) is 27.2. The van der Waals surface area contributed by atoms with Gasteiger partial charge in [0.1, 0.15) is 11.6 Å². The molecule has 0 atom stereocenters. The van der Waals surface area contributed by atoms with E-state index in [4.69, 9.17) is 9.47 Å². The SMILES string of the molecule is CCOc1cc(/C=C(\C#N)C(=O)Nc2cccc(C)c2)ccc1Oc1ccc(C(F)(F)F)cc1[N+](=O)[O-]. The lowest BCUT2D eigenvalue weighted by molar-refractivity contribution is -0.385. The molecule has 0 aliphatic rings. The second kappa shape index (κ2) is 11.3. The van der Waals surface area contributed by atoms with Crippen LogP contribution in [0.1, 0.15) is 23.6 Å². The van der Waals surface area contributed by atoms with Crippen molar-refractivity contribution >= 4 is 23.4 Å².